The minimum atomic E-state index is -0.839. The molecule has 0 aliphatic heterocycles. The van der Waals surface area contributed by atoms with Crippen LogP contribution in [0, 0.1) is 0 Å². The predicted octanol–water partition coefficient (Wildman–Crippen LogP) is 6.06. The van der Waals surface area contributed by atoms with E-state index in [0.717, 1.165) is 12.0 Å². The highest BCUT2D eigenvalue weighted by Crippen LogP contribution is 2.31. The minimum absolute atomic E-state index is 0.186. The molecule has 1 aromatic heterocycles. The molecule has 36 heavy (non-hydrogen) atoms. The first-order chi connectivity index (χ1) is 17.5. The van der Waals surface area contributed by atoms with Gasteiger partial charge in [0.25, 0.3) is 5.56 Å². The molecule has 1 amide bonds. The van der Waals surface area contributed by atoms with Crippen molar-refractivity contribution in [1.29, 1.82) is 0 Å². The fraction of sp³-hybridized carbons (Fsp3) is 0.276. The van der Waals surface area contributed by atoms with Gasteiger partial charge in [-0.15, -0.1) is 11.6 Å². The summed E-state index contributed by atoms with van der Waals surface area (Å²) in [7, 11) is 1.60. The molecule has 0 aliphatic rings. The Labute approximate surface area is 216 Å². The molecule has 6 nitrogen and oxygen atoms in total. The molecule has 2 atom stereocenters. The number of hydrogen-bond donors (Lipinski definition) is 0. The Kier molecular flexibility index (Phi) is 8.06. The normalized spacial score (nSPS) is 12.8. The summed E-state index contributed by atoms with van der Waals surface area (Å²) < 4.78 is 6.91. The zero-order chi connectivity index (χ0) is 25.7. The van der Waals surface area contributed by atoms with Crippen molar-refractivity contribution in [1.82, 2.24) is 14.5 Å². The van der Waals surface area contributed by atoms with Crippen LogP contribution in [-0.4, -0.2) is 34.0 Å². The van der Waals surface area contributed by atoms with Crippen LogP contribution in [0.25, 0.3) is 16.6 Å². The maximum atomic E-state index is 13.8. The van der Waals surface area contributed by atoms with Gasteiger partial charge in [-0.05, 0) is 54.8 Å². The van der Waals surface area contributed by atoms with Crippen molar-refractivity contribution in [2.75, 3.05) is 13.7 Å². The molecule has 0 aliphatic carbocycles. The van der Waals surface area contributed by atoms with Crippen molar-refractivity contribution in [3.8, 4) is 11.4 Å². The minimum Gasteiger partial charge on any atom is -0.497 e. The molecule has 2 unspecified atom stereocenters. The van der Waals surface area contributed by atoms with E-state index in [1.807, 2.05) is 74.5 Å². The van der Waals surface area contributed by atoms with Gasteiger partial charge in [0, 0.05) is 6.54 Å². The molecule has 0 N–H and O–H groups in total. The fourth-order valence-corrected chi connectivity index (χ4v) is 4.74. The number of carbonyl (C=O) groups excluding carboxylic acids is 1. The maximum absolute atomic E-state index is 13.8. The molecule has 4 rings (SSSR count). The molecule has 1 heterocycles. The van der Waals surface area contributed by atoms with E-state index >= 15 is 0 Å². The van der Waals surface area contributed by atoms with Gasteiger partial charge < -0.3 is 9.64 Å². The average Bonchev–Trinajstić information content (AvgIpc) is 2.93. The highest BCUT2D eigenvalue weighted by molar-refractivity contribution is 6.30. The molecule has 0 fully saturated rings. The number of alkyl halides is 1. The van der Waals surface area contributed by atoms with Crippen LogP contribution in [0.3, 0.4) is 0 Å². The summed E-state index contributed by atoms with van der Waals surface area (Å²) in [6.45, 7) is 4.49. The van der Waals surface area contributed by atoms with E-state index in [-0.39, 0.29) is 11.5 Å². The lowest BCUT2D eigenvalue weighted by atomic mass is 10.1. The largest absolute Gasteiger partial charge is 0.497 e. The van der Waals surface area contributed by atoms with Gasteiger partial charge in [0.2, 0.25) is 5.91 Å². The van der Waals surface area contributed by atoms with Crippen molar-refractivity contribution in [3.05, 3.63) is 101 Å². The molecule has 0 bridgehead atoms. The van der Waals surface area contributed by atoms with Crippen LogP contribution in [0.5, 0.6) is 5.75 Å². The highest BCUT2D eigenvalue weighted by Gasteiger charge is 2.32. The third-order valence-electron chi connectivity index (χ3n) is 6.25. The van der Waals surface area contributed by atoms with E-state index in [0.29, 0.717) is 41.1 Å². The summed E-state index contributed by atoms with van der Waals surface area (Å²) in [5.74, 6) is 0.982. The first kappa shape index (κ1) is 25.5. The van der Waals surface area contributed by atoms with Crippen LogP contribution in [-0.2, 0) is 4.79 Å². The third-order valence-corrected chi connectivity index (χ3v) is 6.69. The van der Waals surface area contributed by atoms with Crippen molar-refractivity contribution >= 4 is 28.4 Å². The van der Waals surface area contributed by atoms with Crippen molar-refractivity contribution in [2.45, 2.75) is 38.1 Å². The monoisotopic (exact) mass is 503 g/mol. The second-order valence-corrected chi connectivity index (χ2v) is 8.99. The Morgan fingerprint density at radius 3 is 2.31 bits per heavy atom. The lowest BCUT2D eigenvalue weighted by molar-refractivity contribution is -0.133. The number of hydrogen-bond acceptors (Lipinski definition) is 4. The van der Waals surface area contributed by atoms with E-state index in [1.165, 1.54) is 0 Å². The average molecular weight is 504 g/mol. The van der Waals surface area contributed by atoms with Gasteiger partial charge in [0.05, 0.1) is 29.7 Å². The number of amides is 1. The van der Waals surface area contributed by atoms with Gasteiger partial charge in [-0.25, -0.2) is 4.98 Å². The standard InChI is InChI=1S/C29H30ClN3O3/c1-4-19-32(29(35)26(30)20-11-7-6-8-12-20)25(5-2)27-31-24-14-10-9-13-23(24)28(34)33(27)21-15-17-22(36-3)18-16-21/h6-18,25-26H,4-5,19H2,1-3H3. The van der Waals surface area contributed by atoms with Crippen molar-refractivity contribution in [2.24, 2.45) is 0 Å². The smallest absolute Gasteiger partial charge is 0.266 e. The summed E-state index contributed by atoms with van der Waals surface area (Å²) in [6.07, 6.45) is 1.30. The molecular weight excluding hydrogens is 474 g/mol. The van der Waals surface area contributed by atoms with E-state index in [1.54, 1.807) is 34.8 Å². The van der Waals surface area contributed by atoms with Gasteiger partial charge in [-0.2, -0.15) is 0 Å². The Balaban J connectivity index is 1.89. The zero-order valence-electron chi connectivity index (χ0n) is 20.7. The van der Waals surface area contributed by atoms with Crippen LogP contribution in [0.1, 0.15) is 49.5 Å². The lowest BCUT2D eigenvalue weighted by Gasteiger charge is -2.33. The molecule has 0 spiro atoms. The predicted molar refractivity (Wildman–Crippen MR) is 144 cm³/mol. The number of nitrogens with zero attached hydrogens (tertiary/aromatic N) is 3. The number of carbonyl (C=O) groups is 1. The summed E-state index contributed by atoms with van der Waals surface area (Å²) in [5, 5.41) is -0.326. The third kappa shape index (κ3) is 5.00. The van der Waals surface area contributed by atoms with E-state index in [4.69, 9.17) is 21.3 Å². The van der Waals surface area contributed by atoms with Crippen LogP contribution < -0.4 is 10.3 Å². The van der Waals surface area contributed by atoms with E-state index < -0.39 is 11.4 Å². The van der Waals surface area contributed by atoms with Crippen molar-refractivity contribution < 1.29 is 9.53 Å². The number of aromatic nitrogens is 2. The van der Waals surface area contributed by atoms with Crippen LogP contribution in [0.4, 0.5) is 0 Å². The molecule has 0 radical (unpaired) electrons. The van der Waals surface area contributed by atoms with Gasteiger partial charge in [0.1, 0.15) is 17.0 Å². The van der Waals surface area contributed by atoms with Gasteiger partial charge in [-0.3, -0.25) is 14.2 Å². The summed E-state index contributed by atoms with van der Waals surface area (Å²) >= 11 is 6.70. The number of halogens is 1. The number of benzene rings is 3. The lowest BCUT2D eigenvalue weighted by Crippen LogP contribution is -2.40. The Morgan fingerprint density at radius 1 is 1.00 bits per heavy atom. The molecular formula is C29H30ClN3O3. The molecule has 7 heteroatoms. The van der Waals surface area contributed by atoms with Crippen LogP contribution >= 0.6 is 11.6 Å². The molecule has 0 saturated carbocycles. The summed E-state index contributed by atoms with van der Waals surface area (Å²) in [4.78, 5) is 34.2. The SMILES string of the molecule is CCCN(C(=O)C(Cl)c1ccccc1)C(CC)c1nc2ccccc2c(=O)n1-c1ccc(OC)cc1. The number of fused-ring (bicyclic) bond motifs is 1. The summed E-state index contributed by atoms with van der Waals surface area (Å²) in [6, 6.07) is 23.4. The second-order valence-electron chi connectivity index (χ2n) is 8.55. The Hall–Kier alpha value is -3.64. The van der Waals surface area contributed by atoms with Gasteiger partial charge >= 0.3 is 0 Å². The molecule has 0 saturated heterocycles. The van der Waals surface area contributed by atoms with Gasteiger partial charge in [0.15, 0.2) is 0 Å². The van der Waals surface area contributed by atoms with Gasteiger partial charge in [-0.1, -0.05) is 56.3 Å². The molecule has 186 valence electrons. The number of ether oxygens (including phenoxy) is 1. The molecule has 4 aromatic rings. The summed E-state index contributed by atoms with van der Waals surface area (Å²) in [5.41, 5.74) is 1.80. The fourth-order valence-electron chi connectivity index (χ4n) is 4.47. The number of rotatable bonds is 9. The number of para-hydroxylation sites is 1. The Bertz CT molecular complexity index is 1390. The van der Waals surface area contributed by atoms with Crippen LogP contribution in [0.15, 0.2) is 83.7 Å². The first-order valence-electron chi connectivity index (χ1n) is 12.2. The maximum Gasteiger partial charge on any atom is 0.266 e. The highest BCUT2D eigenvalue weighted by atomic mass is 35.5. The Morgan fingerprint density at radius 2 is 1.67 bits per heavy atom. The van der Waals surface area contributed by atoms with Crippen LogP contribution in [0.2, 0.25) is 0 Å². The number of methoxy groups -OCH3 is 1. The van der Waals surface area contributed by atoms with E-state index in [9.17, 15) is 9.59 Å². The second kappa shape index (κ2) is 11.4. The quantitative estimate of drug-likeness (QED) is 0.260. The molecule has 3 aromatic carbocycles. The van der Waals surface area contributed by atoms with Crippen molar-refractivity contribution in [3.63, 3.8) is 0 Å². The van der Waals surface area contributed by atoms with E-state index in [2.05, 4.69) is 0 Å². The topological polar surface area (TPSA) is 64.4 Å². The zero-order valence-corrected chi connectivity index (χ0v) is 21.5. The first-order valence-corrected chi connectivity index (χ1v) is 12.6.